The summed E-state index contributed by atoms with van der Waals surface area (Å²) in [6, 6.07) is 6.90. The maximum absolute atomic E-state index is 13.6. The summed E-state index contributed by atoms with van der Waals surface area (Å²) >= 11 is 9.05. The lowest BCUT2D eigenvalue weighted by Gasteiger charge is -2.11. The molecule has 0 bridgehead atoms. The average Bonchev–Trinajstić information content (AvgIpc) is 2.37. The Morgan fingerprint density at radius 2 is 1.90 bits per heavy atom. The van der Waals surface area contributed by atoms with E-state index in [9.17, 15) is 13.9 Å². The molecule has 0 saturated heterocycles. The zero-order chi connectivity index (χ0) is 14.9. The van der Waals surface area contributed by atoms with Crippen LogP contribution in [0.15, 0.2) is 34.8 Å². The van der Waals surface area contributed by atoms with Gasteiger partial charge in [-0.25, -0.2) is 4.39 Å². The van der Waals surface area contributed by atoms with Gasteiger partial charge in [0.25, 0.3) is 0 Å². The lowest BCUT2D eigenvalue weighted by Crippen LogP contribution is -1.95. The molecule has 6 heteroatoms. The van der Waals surface area contributed by atoms with Crippen LogP contribution < -0.4 is 4.74 Å². The van der Waals surface area contributed by atoms with E-state index in [1.54, 1.807) is 13.0 Å². The Morgan fingerprint density at radius 1 is 1.20 bits per heavy atom. The molecule has 0 aromatic heterocycles. The fourth-order valence-corrected chi connectivity index (χ4v) is 2.22. The molecule has 2 aromatic rings. The van der Waals surface area contributed by atoms with Crippen molar-refractivity contribution in [1.29, 1.82) is 0 Å². The summed E-state index contributed by atoms with van der Waals surface area (Å²) < 4.78 is 32.5. The highest BCUT2D eigenvalue weighted by atomic mass is 79.9. The molecule has 20 heavy (non-hydrogen) atoms. The van der Waals surface area contributed by atoms with E-state index < -0.39 is 17.7 Å². The smallest absolute Gasteiger partial charge is 0.201 e. The van der Waals surface area contributed by atoms with Crippen LogP contribution in [0.4, 0.5) is 8.78 Å². The van der Waals surface area contributed by atoms with Crippen molar-refractivity contribution in [2.45, 2.75) is 13.0 Å². The molecule has 0 spiro atoms. The molecule has 1 N–H and O–H groups in total. The van der Waals surface area contributed by atoms with Crippen LogP contribution in [0.25, 0.3) is 0 Å². The molecule has 0 fully saturated rings. The maximum Gasteiger partial charge on any atom is 0.201 e. The van der Waals surface area contributed by atoms with E-state index >= 15 is 0 Å². The van der Waals surface area contributed by atoms with Crippen LogP contribution in [0.1, 0.15) is 18.6 Å². The molecular weight excluding hydrogens is 354 g/mol. The Hall–Kier alpha value is -1.17. The second-order valence-electron chi connectivity index (χ2n) is 4.17. The first-order valence-electron chi connectivity index (χ1n) is 5.68. The monoisotopic (exact) mass is 362 g/mol. The summed E-state index contributed by atoms with van der Waals surface area (Å²) in [6.07, 6.45) is -0.679. The zero-order valence-corrected chi connectivity index (χ0v) is 12.7. The van der Waals surface area contributed by atoms with Crippen LogP contribution in [0.5, 0.6) is 11.5 Å². The quantitative estimate of drug-likeness (QED) is 0.757. The van der Waals surface area contributed by atoms with Crippen LogP contribution in [-0.4, -0.2) is 5.11 Å². The number of rotatable bonds is 3. The third-order valence-corrected chi connectivity index (χ3v) is 3.37. The third kappa shape index (κ3) is 3.29. The largest absolute Gasteiger partial charge is 0.453 e. The van der Waals surface area contributed by atoms with E-state index in [-0.39, 0.29) is 16.5 Å². The van der Waals surface area contributed by atoms with Crippen LogP contribution in [0, 0.1) is 11.6 Å². The highest BCUT2D eigenvalue weighted by molar-refractivity contribution is 9.10. The lowest BCUT2D eigenvalue weighted by atomic mass is 10.1. The van der Waals surface area contributed by atoms with E-state index in [1.807, 2.05) is 0 Å². The Labute approximate surface area is 128 Å². The molecule has 1 atom stereocenters. The fourth-order valence-electron chi connectivity index (χ4n) is 1.58. The Bertz CT molecular complexity index is 647. The van der Waals surface area contributed by atoms with E-state index in [1.165, 1.54) is 18.2 Å². The summed E-state index contributed by atoms with van der Waals surface area (Å²) in [4.78, 5) is 0. The molecule has 0 aliphatic heterocycles. The molecule has 2 nitrogen and oxygen atoms in total. The number of hydrogen-bond acceptors (Lipinski definition) is 2. The van der Waals surface area contributed by atoms with Crippen molar-refractivity contribution in [2.24, 2.45) is 0 Å². The third-order valence-electron chi connectivity index (χ3n) is 2.62. The predicted octanol–water partition coefficient (Wildman–Crippen LogP) is 5.23. The zero-order valence-electron chi connectivity index (χ0n) is 10.3. The molecule has 0 radical (unpaired) electrons. The normalized spacial score (nSPS) is 12.3. The van der Waals surface area contributed by atoms with Crippen LogP contribution in [0.3, 0.4) is 0 Å². The van der Waals surface area contributed by atoms with E-state index in [0.29, 0.717) is 10.0 Å². The first-order valence-corrected chi connectivity index (χ1v) is 6.85. The Morgan fingerprint density at radius 3 is 2.50 bits per heavy atom. The summed E-state index contributed by atoms with van der Waals surface area (Å²) in [5.41, 5.74) is 0.600. The van der Waals surface area contributed by atoms with Crippen LogP contribution >= 0.6 is 27.5 Å². The summed E-state index contributed by atoms with van der Waals surface area (Å²) in [5.74, 6) is -2.22. The van der Waals surface area contributed by atoms with E-state index in [2.05, 4.69) is 15.9 Å². The second-order valence-corrected chi connectivity index (χ2v) is 5.49. The standard InChI is InChI=1S/C14H10BrClF2O2/c1-7(19)8-2-3-12(10(16)4-8)20-13-6-9(15)5-11(17)14(13)18/h2-7,19H,1H3. The van der Waals surface area contributed by atoms with Gasteiger partial charge >= 0.3 is 0 Å². The van der Waals surface area contributed by atoms with E-state index in [4.69, 9.17) is 16.3 Å². The minimum Gasteiger partial charge on any atom is -0.453 e. The van der Waals surface area contributed by atoms with Gasteiger partial charge in [-0.2, -0.15) is 4.39 Å². The van der Waals surface area contributed by atoms with Gasteiger partial charge in [0.2, 0.25) is 5.82 Å². The number of halogens is 4. The van der Waals surface area contributed by atoms with E-state index in [0.717, 1.165) is 6.07 Å². The van der Waals surface area contributed by atoms with Crippen molar-refractivity contribution in [2.75, 3.05) is 0 Å². The molecule has 0 aliphatic carbocycles. The topological polar surface area (TPSA) is 29.5 Å². The molecule has 2 aromatic carbocycles. The van der Waals surface area contributed by atoms with Gasteiger partial charge in [-0.1, -0.05) is 33.6 Å². The van der Waals surface area contributed by atoms with Gasteiger partial charge in [0.15, 0.2) is 11.6 Å². The molecular formula is C14H10BrClF2O2. The maximum atomic E-state index is 13.6. The molecule has 0 aliphatic rings. The predicted molar refractivity (Wildman–Crippen MR) is 76.2 cm³/mol. The van der Waals surface area contributed by atoms with Crippen molar-refractivity contribution in [3.05, 3.63) is 57.0 Å². The Balaban J connectivity index is 2.35. The number of hydrogen-bond donors (Lipinski definition) is 1. The van der Waals surface area contributed by atoms with Gasteiger partial charge < -0.3 is 9.84 Å². The Kier molecular flexibility index (Phi) is 4.62. The van der Waals surface area contributed by atoms with Crippen molar-refractivity contribution in [3.8, 4) is 11.5 Å². The van der Waals surface area contributed by atoms with Crippen molar-refractivity contribution in [1.82, 2.24) is 0 Å². The number of aliphatic hydroxyl groups excluding tert-OH is 1. The van der Waals surface area contributed by atoms with Gasteiger partial charge in [-0.05, 0) is 36.8 Å². The van der Waals surface area contributed by atoms with Gasteiger partial charge in [0.05, 0.1) is 11.1 Å². The SMILES string of the molecule is CC(O)c1ccc(Oc2cc(Br)cc(F)c2F)c(Cl)c1. The first-order chi connectivity index (χ1) is 9.38. The number of ether oxygens (including phenoxy) is 1. The van der Waals surface area contributed by atoms with Gasteiger partial charge in [-0.3, -0.25) is 0 Å². The van der Waals surface area contributed by atoms with Gasteiger partial charge in [0, 0.05) is 4.47 Å². The van der Waals surface area contributed by atoms with Crippen molar-refractivity contribution in [3.63, 3.8) is 0 Å². The molecule has 1 unspecified atom stereocenters. The average molecular weight is 364 g/mol. The van der Waals surface area contributed by atoms with Gasteiger partial charge in [0.1, 0.15) is 5.75 Å². The molecule has 106 valence electrons. The van der Waals surface area contributed by atoms with Crippen LogP contribution in [-0.2, 0) is 0 Å². The number of benzene rings is 2. The van der Waals surface area contributed by atoms with Gasteiger partial charge in [-0.15, -0.1) is 0 Å². The lowest BCUT2D eigenvalue weighted by molar-refractivity contribution is 0.199. The van der Waals surface area contributed by atoms with Crippen LogP contribution in [0.2, 0.25) is 5.02 Å². The summed E-state index contributed by atoms with van der Waals surface area (Å²) in [7, 11) is 0. The minimum atomic E-state index is -1.09. The molecule has 0 saturated carbocycles. The summed E-state index contributed by atoms with van der Waals surface area (Å²) in [5, 5.41) is 9.63. The highest BCUT2D eigenvalue weighted by Crippen LogP contribution is 2.34. The molecule has 0 amide bonds. The highest BCUT2D eigenvalue weighted by Gasteiger charge is 2.14. The number of aliphatic hydroxyl groups is 1. The fraction of sp³-hybridized carbons (Fsp3) is 0.143. The van der Waals surface area contributed by atoms with Crippen molar-refractivity contribution >= 4 is 27.5 Å². The first kappa shape index (κ1) is 15.2. The summed E-state index contributed by atoms with van der Waals surface area (Å²) in [6.45, 7) is 1.59. The van der Waals surface area contributed by atoms with Crippen molar-refractivity contribution < 1.29 is 18.6 Å². The molecule has 2 rings (SSSR count). The second kappa shape index (κ2) is 6.08. The minimum absolute atomic E-state index is 0.174. The molecule has 0 heterocycles.